The van der Waals surface area contributed by atoms with Gasteiger partial charge in [-0.2, -0.15) is 0 Å². The van der Waals surface area contributed by atoms with E-state index in [9.17, 15) is 19.5 Å². The second-order valence-electron chi connectivity index (χ2n) is 8.72. The molecule has 0 spiro atoms. The minimum absolute atomic E-state index is 0.183. The van der Waals surface area contributed by atoms with Crippen molar-refractivity contribution < 1.29 is 29.0 Å². The van der Waals surface area contributed by atoms with E-state index in [2.05, 4.69) is 5.32 Å². The number of aryl methyl sites for hydroxylation is 1. The second kappa shape index (κ2) is 13.0. The van der Waals surface area contributed by atoms with E-state index in [1.165, 1.54) is 4.90 Å². The largest absolute Gasteiger partial charge is 0.480 e. The fourth-order valence-electron chi connectivity index (χ4n) is 4.27. The molecule has 1 fully saturated rings. The van der Waals surface area contributed by atoms with E-state index in [1.54, 1.807) is 13.8 Å². The Morgan fingerprint density at radius 2 is 1.69 bits per heavy atom. The monoisotopic (exact) mass is 482 g/mol. The molecule has 2 aromatic carbocycles. The third-order valence-electron chi connectivity index (χ3n) is 6.12. The number of carbonyl (C=O) groups is 3. The van der Waals surface area contributed by atoms with E-state index in [-0.39, 0.29) is 31.6 Å². The van der Waals surface area contributed by atoms with E-state index in [0.29, 0.717) is 19.4 Å². The van der Waals surface area contributed by atoms with Crippen LogP contribution in [0, 0.1) is 0 Å². The maximum Gasteiger partial charge on any atom is 0.326 e. The fourth-order valence-corrected chi connectivity index (χ4v) is 4.27. The van der Waals surface area contributed by atoms with Crippen LogP contribution in [0.15, 0.2) is 60.7 Å². The standard InChI is InChI=1S/C27H34N2O6/c1-3-34-27(33)23(15-14-20-10-6-4-7-11-20)28-19(2)25(30)29-17-22(16-24(29)26(31)32)35-18-21-12-8-5-9-13-21/h4-13,19,22-24,28H,3,14-18H2,1-2H3,(H,31,32)/t19?,22-,23+,24+/m1/s1. The molecule has 0 aliphatic carbocycles. The first-order valence-electron chi connectivity index (χ1n) is 12.0. The van der Waals surface area contributed by atoms with Crippen molar-refractivity contribution in [1.29, 1.82) is 0 Å². The molecule has 4 atom stereocenters. The normalized spacial score (nSPS) is 19.2. The minimum Gasteiger partial charge on any atom is -0.480 e. The molecular formula is C27H34N2O6. The number of carbonyl (C=O) groups excluding carboxylic acids is 2. The molecule has 0 bridgehead atoms. The van der Waals surface area contributed by atoms with Crippen molar-refractivity contribution in [3.8, 4) is 0 Å². The molecule has 1 heterocycles. The van der Waals surface area contributed by atoms with Gasteiger partial charge in [-0.1, -0.05) is 60.7 Å². The summed E-state index contributed by atoms with van der Waals surface area (Å²) in [6.07, 6.45) is 0.919. The molecule has 0 saturated carbocycles. The van der Waals surface area contributed by atoms with Crippen LogP contribution in [0.2, 0.25) is 0 Å². The molecule has 1 aliphatic rings. The molecule has 0 radical (unpaired) electrons. The quantitative estimate of drug-likeness (QED) is 0.448. The summed E-state index contributed by atoms with van der Waals surface area (Å²) in [5.74, 6) is -1.87. The summed E-state index contributed by atoms with van der Waals surface area (Å²) in [5, 5.41) is 12.8. The zero-order valence-corrected chi connectivity index (χ0v) is 20.3. The van der Waals surface area contributed by atoms with Gasteiger partial charge in [0.25, 0.3) is 0 Å². The number of aliphatic carboxylic acids is 1. The number of esters is 1. The zero-order chi connectivity index (χ0) is 25.2. The van der Waals surface area contributed by atoms with Crippen molar-refractivity contribution >= 4 is 17.8 Å². The molecule has 0 aromatic heterocycles. The Kier molecular flexibility index (Phi) is 9.81. The van der Waals surface area contributed by atoms with E-state index < -0.39 is 30.1 Å². The van der Waals surface area contributed by atoms with E-state index in [0.717, 1.165) is 11.1 Å². The van der Waals surface area contributed by atoms with Crippen molar-refractivity contribution in [2.75, 3.05) is 13.2 Å². The van der Waals surface area contributed by atoms with Crippen LogP contribution < -0.4 is 5.32 Å². The van der Waals surface area contributed by atoms with Gasteiger partial charge in [-0.3, -0.25) is 14.9 Å². The third-order valence-corrected chi connectivity index (χ3v) is 6.12. The van der Waals surface area contributed by atoms with Crippen molar-refractivity contribution in [2.24, 2.45) is 0 Å². The summed E-state index contributed by atoms with van der Waals surface area (Å²) in [6.45, 7) is 4.14. The van der Waals surface area contributed by atoms with Crippen LogP contribution in [0.1, 0.15) is 37.8 Å². The highest BCUT2D eigenvalue weighted by molar-refractivity contribution is 5.88. The van der Waals surface area contributed by atoms with Crippen LogP contribution in [-0.2, 0) is 36.9 Å². The Balaban J connectivity index is 1.62. The number of nitrogens with zero attached hydrogens (tertiary/aromatic N) is 1. The van der Waals surface area contributed by atoms with Crippen LogP contribution in [0.25, 0.3) is 0 Å². The number of amides is 1. The van der Waals surface area contributed by atoms with E-state index >= 15 is 0 Å². The molecule has 1 unspecified atom stereocenters. The molecule has 2 aromatic rings. The van der Waals surface area contributed by atoms with Crippen LogP contribution in [-0.4, -0.2) is 65.2 Å². The summed E-state index contributed by atoms with van der Waals surface area (Å²) in [7, 11) is 0. The van der Waals surface area contributed by atoms with Crippen LogP contribution in [0.3, 0.4) is 0 Å². The summed E-state index contributed by atoms with van der Waals surface area (Å²) >= 11 is 0. The second-order valence-corrected chi connectivity index (χ2v) is 8.72. The lowest BCUT2D eigenvalue weighted by atomic mass is 10.0. The Hall–Kier alpha value is -3.23. The Morgan fingerprint density at radius 3 is 2.29 bits per heavy atom. The predicted molar refractivity (Wildman–Crippen MR) is 131 cm³/mol. The highest BCUT2D eigenvalue weighted by Gasteiger charge is 2.42. The van der Waals surface area contributed by atoms with Crippen molar-refractivity contribution in [3.63, 3.8) is 0 Å². The minimum atomic E-state index is -1.07. The molecular weight excluding hydrogens is 448 g/mol. The van der Waals surface area contributed by atoms with Gasteiger partial charge in [0.2, 0.25) is 5.91 Å². The molecule has 3 rings (SSSR count). The van der Waals surface area contributed by atoms with Gasteiger partial charge in [0.1, 0.15) is 12.1 Å². The maximum absolute atomic E-state index is 13.3. The van der Waals surface area contributed by atoms with Gasteiger partial charge in [-0.25, -0.2) is 4.79 Å². The van der Waals surface area contributed by atoms with Gasteiger partial charge >= 0.3 is 11.9 Å². The fraction of sp³-hybridized carbons (Fsp3) is 0.444. The molecule has 1 amide bonds. The van der Waals surface area contributed by atoms with Gasteiger partial charge in [-0.05, 0) is 37.8 Å². The van der Waals surface area contributed by atoms with Crippen molar-refractivity contribution in [2.45, 2.75) is 63.9 Å². The van der Waals surface area contributed by atoms with E-state index in [1.807, 2.05) is 60.7 Å². The maximum atomic E-state index is 13.3. The molecule has 8 nitrogen and oxygen atoms in total. The Morgan fingerprint density at radius 1 is 1.06 bits per heavy atom. The first-order chi connectivity index (χ1) is 16.9. The number of nitrogens with one attached hydrogen (secondary N) is 1. The molecule has 188 valence electrons. The van der Waals surface area contributed by atoms with Gasteiger partial charge in [-0.15, -0.1) is 0 Å². The van der Waals surface area contributed by atoms with Crippen LogP contribution >= 0.6 is 0 Å². The highest BCUT2D eigenvalue weighted by Crippen LogP contribution is 2.23. The predicted octanol–water partition coefficient (Wildman–Crippen LogP) is 2.80. The highest BCUT2D eigenvalue weighted by atomic mass is 16.5. The third kappa shape index (κ3) is 7.63. The Bertz CT molecular complexity index is 968. The molecule has 35 heavy (non-hydrogen) atoms. The summed E-state index contributed by atoms with van der Waals surface area (Å²) in [4.78, 5) is 39.1. The number of rotatable bonds is 12. The lowest BCUT2D eigenvalue weighted by Crippen LogP contribution is -2.53. The number of carboxylic acid groups (broad SMARTS) is 1. The van der Waals surface area contributed by atoms with Crippen molar-refractivity contribution in [3.05, 3.63) is 71.8 Å². The summed E-state index contributed by atoms with van der Waals surface area (Å²) in [5.41, 5.74) is 2.06. The molecule has 1 aliphatic heterocycles. The van der Waals surface area contributed by atoms with Gasteiger partial charge in [0.05, 0.1) is 25.4 Å². The zero-order valence-electron chi connectivity index (χ0n) is 20.3. The Labute approximate surface area is 206 Å². The first kappa shape index (κ1) is 26.4. The van der Waals surface area contributed by atoms with Crippen LogP contribution in [0.4, 0.5) is 0 Å². The molecule has 2 N–H and O–H groups in total. The average Bonchev–Trinajstić information content (AvgIpc) is 3.31. The number of likely N-dealkylation sites (tertiary alicyclic amines) is 1. The number of carboxylic acids is 1. The molecule has 1 saturated heterocycles. The van der Waals surface area contributed by atoms with E-state index in [4.69, 9.17) is 9.47 Å². The summed E-state index contributed by atoms with van der Waals surface area (Å²) < 4.78 is 11.1. The lowest BCUT2D eigenvalue weighted by Gasteiger charge is -2.27. The lowest BCUT2D eigenvalue weighted by molar-refractivity contribution is -0.150. The first-order valence-corrected chi connectivity index (χ1v) is 12.0. The average molecular weight is 483 g/mol. The topological polar surface area (TPSA) is 105 Å². The SMILES string of the molecule is CCOC(=O)[C@H](CCc1ccccc1)NC(C)C(=O)N1C[C@H](OCc2ccccc2)C[C@H]1C(=O)O. The van der Waals surface area contributed by atoms with Crippen molar-refractivity contribution in [1.82, 2.24) is 10.2 Å². The van der Waals surface area contributed by atoms with Gasteiger partial charge in [0, 0.05) is 13.0 Å². The van der Waals surface area contributed by atoms with Gasteiger partial charge in [0.15, 0.2) is 0 Å². The number of hydrogen-bond acceptors (Lipinski definition) is 6. The number of ether oxygens (including phenoxy) is 2. The molecule has 8 heteroatoms. The smallest absolute Gasteiger partial charge is 0.326 e. The summed E-state index contributed by atoms with van der Waals surface area (Å²) in [6, 6.07) is 16.9. The van der Waals surface area contributed by atoms with Crippen LogP contribution in [0.5, 0.6) is 0 Å². The number of benzene rings is 2. The van der Waals surface area contributed by atoms with Gasteiger partial charge < -0.3 is 19.5 Å². The number of hydrogen-bond donors (Lipinski definition) is 2.